The molecule has 43 heavy (non-hydrogen) atoms. The second-order valence-electron chi connectivity index (χ2n) is 13.1. The molecule has 7 heteroatoms. The molecule has 0 aromatic rings. The first-order chi connectivity index (χ1) is 20.6. The molecule has 0 radical (unpaired) electrons. The van der Waals surface area contributed by atoms with Crippen LogP contribution in [0, 0.1) is 41.4 Å². The summed E-state index contributed by atoms with van der Waals surface area (Å²) in [6.07, 6.45) is 18.2. The Morgan fingerprint density at radius 1 is 1.09 bits per heavy atom. The molecule has 6 nitrogen and oxygen atoms in total. The van der Waals surface area contributed by atoms with E-state index in [9.17, 15) is 0 Å². The predicted molar refractivity (Wildman–Crippen MR) is 190 cm³/mol. The van der Waals surface area contributed by atoms with Crippen LogP contribution in [-0.4, -0.2) is 75.4 Å². The van der Waals surface area contributed by atoms with Gasteiger partial charge in [0.05, 0.1) is 13.1 Å². The van der Waals surface area contributed by atoms with Crippen LogP contribution in [0.3, 0.4) is 0 Å². The highest BCUT2D eigenvalue weighted by atomic mass is 35.5. The first-order valence-corrected chi connectivity index (χ1v) is 17.7. The minimum atomic E-state index is -0.215. The van der Waals surface area contributed by atoms with Crippen molar-refractivity contribution in [3.63, 3.8) is 0 Å². The molecule has 8 atom stereocenters. The van der Waals surface area contributed by atoms with Gasteiger partial charge in [0.15, 0.2) is 0 Å². The van der Waals surface area contributed by atoms with E-state index in [2.05, 4.69) is 110 Å². The third kappa shape index (κ3) is 12.7. The summed E-state index contributed by atoms with van der Waals surface area (Å²) in [5.74, 6) is 6.31. The van der Waals surface area contributed by atoms with Gasteiger partial charge in [-0.05, 0) is 106 Å². The van der Waals surface area contributed by atoms with Crippen molar-refractivity contribution < 1.29 is 0 Å². The topological polar surface area (TPSA) is 64.1 Å². The van der Waals surface area contributed by atoms with Gasteiger partial charge in [-0.1, -0.05) is 83.5 Å². The SMILES string of the molecule is CCCNCC(=NC)NCC1C=C2C=CC(C(/C=C\CCNC(CN(C)CCC)=NC(C)Cl)CC)C(C)CC2C(C)C1C. The zero-order valence-corrected chi connectivity index (χ0v) is 29.8. The van der Waals surface area contributed by atoms with Gasteiger partial charge >= 0.3 is 0 Å². The summed E-state index contributed by atoms with van der Waals surface area (Å²) < 4.78 is 0. The second kappa shape index (κ2) is 20.4. The Bertz CT molecular complexity index is 938. The Morgan fingerprint density at radius 3 is 2.51 bits per heavy atom. The van der Waals surface area contributed by atoms with Crippen molar-refractivity contribution in [3.8, 4) is 0 Å². The van der Waals surface area contributed by atoms with E-state index >= 15 is 0 Å². The monoisotopic (exact) mass is 616 g/mol. The number of aliphatic imine (C=N–C) groups is 2. The highest BCUT2D eigenvalue weighted by molar-refractivity contribution is 6.20. The molecule has 0 bridgehead atoms. The third-order valence-electron chi connectivity index (χ3n) is 9.65. The molecule has 0 spiro atoms. The van der Waals surface area contributed by atoms with Crippen LogP contribution in [0.25, 0.3) is 0 Å². The first-order valence-electron chi connectivity index (χ1n) is 17.2. The number of allylic oxidation sites excluding steroid dienone is 4. The molecule has 2 aliphatic carbocycles. The van der Waals surface area contributed by atoms with E-state index in [1.807, 2.05) is 14.0 Å². The van der Waals surface area contributed by atoms with E-state index < -0.39 is 0 Å². The summed E-state index contributed by atoms with van der Waals surface area (Å²) in [6, 6.07) is 0. The minimum absolute atomic E-state index is 0.215. The summed E-state index contributed by atoms with van der Waals surface area (Å²) in [5.41, 5.74) is 1.34. The van der Waals surface area contributed by atoms with E-state index in [-0.39, 0.29) is 5.50 Å². The molecule has 0 saturated carbocycles. The maximum Gasteiger partial charge on any atom is 0.123 e. The Kier molecular flexibility index (Phi) is 17.8. The fourth-order valence-electron chi connectivity index (χ4n) is 6.91. The molecular weight excluding hydrogens is 552 g/mol. The highest BCUT2D eigenvalue weighted by Crippen LogP contribution is 2.45. The van der Waals surface area contributed by atoms with Gasteiger partial charge in [0.25, 0.3) is 0 Å². The standard InChI is InChI=1S/C36H65ClN6/c1-10-18-39-24-35(38-8)41-23-32-22-31-16-17-33(26(4)21-34(31)28(6)27(32)5)30(12-3)15-13-14-19-40-36(42-29(7)37)25-43(9)20-11-2/h13,15-17,22,26-30,32-34,39H,10-12,14,18-21,23-25H2,1-9H3,(H,38,41)(H,40,42)/b15-13-. The third-order valence-corrected chi connectivity index (χ3v) is 9.74. The molecule has 0 saturated heterocycles. The van der Waals surface area contributed by atoms with Gasteiger partial charge in [-0.25, -0.2) is 0 Å². The normalized spacial score (nSPS) is 28.0. The van der Waals surface area contributed by atoms with Gasteiger partial charge in [-0.15, -0.1) is 0 Å². The molecule has 0 aromatic carbocycles. The lowest BCUT2D eigenvalue weighted by atomic mass is 9.66. The van der Waals surface area contributed by atoms with Crippen LogP contribution in [0.5, 0.6) is 0 Å². The fraction of sp³-hybridized carbons (Fsp3) is 0.778. The maximum atomic E-state index is 6.19. The zero-order chi connectivity index (χ0) is 31.8. The summed E-state index contributed by atoms with van der Waals surface area (Å²) in [7, 11) is 4.03. The van der Waals surface area contributed by atoms with Crippen molar-refractivity contribution in [2.75, 3.05) is 53.4 Å². The molecule has 8 unspecified atom stereocenters. The van der Waals surface area contributed by atoms with Gasteiger partial charge in [-0.3, -0.25) is 14.9 Å². The molecule has 0 fully saturated rings. The highest BCUT2D eigenvalue weighted by Gasteiger charge is 2.37. The van der Waals surface area contributed by atoms with Crippen LogP contribution in [0.4, 0.5) is 0 Å². The lowest BCUT2D eigenvalue weighted by Gasteiger charge is -2.40. The van der Waals surface area contributed by atoms with Crippen molar-refractivity contribution in [1.29, 1.82) is 0 Å². The van der Waals surface area contributed by atoms with Crippen molar-refractivity contribution in [2.45, 2.75) is 86.1 Å². The quantitative estimate of drug-likeness (QED) is 0.0406. The van der Waals surface area contributed by atoms with E-state index in [1.54, 1.807) is 5.57 Å². The molecule has 246 valence electrons. The minimum Gasteiger partial charge on any atom is -0.372 e. The number of nitrogens with zero attached hydrogens (tertiary/aromatic N) is 3. The summed E-state index contributed by atoms with van der Waals surface area (Å²) >= 11 is 6.19. The lowest BCUT2D eigenvalue weighted by molar-refractivity contribution is 0.183. The van der Waals surface area contributed by atoms with Crippen LogP contribution in [-0.2, 0) is 0 Å². The number of hydrogen-bond acceptors (Lipinski definition) is 4. The first kappa shape index (κ1) is 37.6. The Hall–Kier alpha value is -1.63. The van der Waals surface area contributed by atoms with Gasteiger partial charge in [0.1, 0.15) is 17.2 Å². The van der Waals surface area contributed by atoms with E-state index in [0.717, 1.165) is 76.6 Å². The van der Waals surface area contributed by atoms with E-state index in [4.69, 9.17) is 11.6 Å². The number of fused-ring (bicyclic) bond motifs is 1. The van der Waals surface area contributed by atoms with Gasteiger partial charge in [0.2, 0.25) is 0 Å². The van der Waals surface area contributed by atoms with Gasteiger partial charge in [0, 0.05) is 20.1 Å². The molecule has 3 N–H and O–H groups in total. The van der Waals surface area contributed by atoms with Crippen molar-refractivity contribution in [1.82, 2.24) is 20.9 Å². The smallest absolute Gasteiger partial charge is 0.123 e. The molecule has 0 amide bonds. The predicted octanol–water partition coefficient (Wildman–Crippen LogP) is 7.15. The van der Waals surface area contributed by atoms with E-state index in [1.165, 1.54) is 6.42 Å². The number of hydrogen-bond donors (Lipinski definition) is 3. The Labute approximate surface area is 270 Å². The van der Waals surface area contributed by atoms with Crippen LogP contribution in [0.1, 0.15) is 80.6 Å². The second-order valence-corrected chi connectivity index (χ2v) is 13.8. The van der Waals surface area contributed by atoms with Crippen molar-refractivity contribution in [2.24, 2.45) is 51.4 Å². The van der Waals surface area contributed by atoms with Gasteiger partial charge < -0.3 is 16.0 Å². The Balaban J connectivity index is 2.03. The summed E-state index contributed by atoms with van der Waals surface area (Å²) in [4.78, 5) is 11.4. The maximum absolute atomic E-state index is 6.19. The van der Waals surface area contributed by atoms with Crippen molar-refractivity contribution in [3.05, 3.63) is 36.0 Å². The average Bonchev–Trinajstić information content (AvgIpc) is 3.13. The van der Waals surface area contributed by atoms with E-state index in [0.29, 0.717) is 41.4 Å². The molecule has 2 rings (SSSR count). The fourth-order valence-corrected chi connectivity index (χ4v) is 7.03. The van der Waals surface area contributed by atoms with Gasteiger partial charge in [-0.2, -0.15) is 0 Å². The molecule has 0 aromatic heterocycles. The van der Waals surface area contributed by atoms with Crippen molar-refractivity contribution >= 4 is 23.3 Å². The summed E-state index contributed by atoms with van der Waals surface area (Å²) in [6.45, 7) is 21.6. The largest absolute Gasteiger partial charge is 0.372 e. The van der Waals surface area contributed by atoms with Crippen LogP contribution in [0.15, 0.2) is 45.9 Å². The number of rotatable bonds is 17. The number of amidine groups is 2. The number of likely N-dealkylation sites (N-methyl/N-ethyl adjacent to an activating group) is 1. The summed E-state index contributed by atoms with van der Waals surface area (Å²) in [5, 5.41) is 10.7. The molecule has 2 aliphatic rings. The molecule has 0 heterocycles. The average molecular weight is 617 g/mol. The Morgan fingerprint density at radius 2 is 1.86 bits per heavy atom. The van der Waals surface area contributed by atoms with Crippen LogP contribution in [0.2, 0.25) is 0 Å². The van der Waals surface area contributed by atoms with Crippen LogP contribution >= 0.6 is 11.6 Å². The number of alkyl halides is 1. The lowest BCUT2D eigenvalue weighted by Crippen LogP contribution is -2.41. The zero-order valence-electron chi connectivity index (χ0n) is 29.0. The van der Waals surface area contributed by atoms with Crippen LogP contribution < -0.4 is 16.0 Å². The number of nitrogens with one attached hydrogen (secondary N) is 3. The number of halogens is 1. The molecule has 0 aliphatic heterocycles. The molecular formula is C36H65ClN6.